The van der Waals surface area contributed by atoms with Gasteiger partial charge < -0.3 is 15.1 Å². The molecule has 2 saturated heterocycles. The molecule has 5 nitrogen and oxygen atoms in total. The number of nitrogens with zero attached hydrogens (tertiary/aromatic N) is 4. The maximum absolute atomic E-state index is 4.58. The largest absolute Gasteiger partial charge is 0.369 e. The van der Waals surface area contributed by atoms with Crippen LogP contribution in [-0.4, -0.2) is 62.2 Å². The molecule has 2 aliphatic heterocycles. The zero-order valence-corrected chi connectivity index (χ0v) is 21.5. The Hall–Kier alpha value is -3.67. The predicted octanol–water partition coefficient (Wildman–Crippen LogP) is 5.17. The first kappa shape index (κ1) is 25.0. The van der Waals surface area contributed by atoms with Gasteiger partial charge in [0.2, 0.25) is 0 Å². The van der Waals surface area contributed by atoms with E-state index in [0.717, 1.165) is 64.6 Å². The second-order valence-electron chi connectivity index (χ2n) is 9.57. The lowest BCUT2D eigenvalue weighted by molar-refractivity contribution is 0.247. The van der Waals surface area contributed by atoms with Crippen molar-refractivity contribution in [2.75, 3.05) is 62.2 Å². The molecule has 6 rings (SSSR count). The Morgan fingerprint density at radius 1 is 0.568 bits per heavy atom. The third-order valence-corrected chi connectivity index (χ3v) is 7.04. The number of rotatable bonds is 5. The van der Waals surface area contributed by atoms with Crippen LogP contribution in [0.5, 0.6) is 0 Å². The van der Waals surface area contributed by atoms with Gasteiger partial charge >= 0.3 is 0 Å². The molecule has 0 spiro atoms. The van der Waals surface area contributed by atoms with Gasteiger partial charge in [0.1, 0.15) is 0 Å². The Kier molecular flexibility index (Phi) is 8.81. The first-order valence-corrected chi connectivity index (χ1v) is 13.4. The lowest BCUT2D eigenvalue weighted by atomic mass is 10.1. The zero-order chi connectivity index (χ0) is 25.1. The van der Waals surface area contributed by atoms with Crippen LogP contribution in [0.1, 0.15) is 5.69 Å². The Morgan fingerprint density at radius 3 is 1.70 bits per heavy atom. The van der Waals surface area contributed by atoms with Gasteiger partial charge in [0.05, 0.1) is 5.69 Å². The highest BCUT2D eigenvalue weighted by atomic mass is 15.3. The van der Waals surface area contributed by atoms with E-state index in [1.54, 1.807) is 0 Å². The molecule has 0 bridgehead atoms. The van der Waals surface area contributed by atoms with Gasteiger partial charge in [0, 0.05) is 76.5 Å². The minimum atomic E-state index is 0.920. The number of pyridine rings is 1. The van der Waals surface area contributed by atoms with Gasteiger partial charge in [0.25, 0.3) is 0 Å². The molecule has 3 aromatic carbocycles. The van der Waals surface area contributed by atoms with E-state index in [9.17, 15) is 0 Å². The number of para-hydroxylation sites is 2. The molecule has 0 radical (unpaired) electrons. The second kappa shape index (κ2) is 13.0. The molecule has 3 heterocycles. The summed E-state index contributed by atoms with van der Waals surface area (Å²) < 4.78 is 0. The molecular weight excluding hydrogens is 454 g/mol. The summed E-state index contributed by atoms with van der Waals surface area (Å²) in [5.74, 6) is 0. The van der Waals surface area contributed by atoms with Crippen molar-refractivity contribution in [1.82, 2.24) is 15.2 Å². The highest BCUT2D eigenvalue weighted by molar-refractivity contribution is 5.63. The third kappa shape index (κ3) is 7.19. The number of aromatic nitrogens is 1. The number of hydrogen-bond donors (Lipinski definition) is 1. The SMILES string of the molecule is c1ccc(-c2ccnc(CN3CCN(c4ccccc4)CC3)c2)cc1.c1ccc(N2CCNCC2)cc1. The number of hydrogen-bond acceptors (Lipinski definition) is 5. The smallest absolute Gasteiger partial charge is 0.0550 e. The topological polar surface area (TPSA) is 34.6 Å². The van der Waals surface area contributed by atoms with Gasteiger partial charge in [-0.1, -0.05) is 66.7 Å². The molecule has 5 heteroatoms. The van der Waals surface area contributed by atoms with E-state index in [2.05, 4.69) is 128 Å². The summed E-state index contributed by atoms with van der Waals surface area (Å²) in [5, 5.41) is 3.34. The van der Waals surface area contributed by atoms with E-state index in [1.165, 1.54) is 22.5 Å². The number of benzene rings is 3. The Labute approximate surface area is 221 Å². The first-order valence-electron chi connectivity index (χ1n) is 13.4. The minimum absolute atomic E-state index is 0.920. The van der Waals surface area contributed by atoms with Crippen LogP contribution in [0.4, 0.5) is 11.4 Å². The molecule has 2 fully saturated rings. The fourth-order valence-electron chi connectivity index (χ4n) is 4.97. The van der Waals surface area contributed by atoms with E-state index in [-0.39, 0.29) is 0 Å². The molecule has 0 amide bonds. The molecule has 4 aromatic rings. The quantitative estimate of drug-likeness (QED) is 0.417. The van der Waals surface area contributed by atoms with Crippen LogP contribution >= 0.6 is 0 Å². The van der Waals surface area contributed by atoms with E-state index in [0.29, 0.717) is 0 Å². The molecule has 190 valence electrons. The average molecular weight is 492 g/mol. The van der Waals surface area contributed by atoms with Crippen LogP contribution in [0.25, 0.3) is 11.1 Å². The summed E-state index contributed by atoms with van der Waals surface area (Å²) in [6, 6.07) is 36.1. The average Bonchev–Trinajstić information content (AvgIpc) is 3.00. The standard InChI is InChI=1S/C22H23N3.C10H14N2/c1-3-7-19(8-4-1)20-11-12-23-21(17-20)18-24-13-15-25(16-14-24)22-9-5-2-6-10-22;1-2-4-10(5-3-1)12-8-6-11-7-9-12/h1-12,17H,13-16,18H2;1-5,11H,6-9H2. The number of piperazine rings is 2. The minimum Gasteiger partial charge on any atom is -0.369 e. The van der Waals surface area contributed by atoms with Crippen LogP contribution in [-0.2, 0) is 6.54 Å². The summed E-state index contributed by atoms with van der Waals surface area (Å²) in [6.07, 6.45) is 1.93. The van der Waals surface area contributed by atoms with E-state index >= 15 is 0 Å². The van der Waals surface area contributed by atoms with Crippen molar-refractivity contribution in [2.24, 2.45) is 0 Å². The summed E-state index contributed by atoms with van der Waals surface area (Å²) >= 11 is 0. The first-order chi connectivity index (χ1) is 18.3. The summed E-state index contributed by atoms with van der Waals surface area (Å²) in [7, 11) is 0. The lowest BCUT2D eigenvalue weighted by Gasteiger charge is -2.36. The van der Waals surface area contributed by atoms with Crippen molar-refractivity contribution in [1.29, 1.82) is 0 Å². The number of nitrogens with one attached hydrogen (secondary N) is 1. The van der Waals surface area contributed by atoms with Gasteiger partial charge in [-0.3, -0.25) is 9.88 Å². The summed E-state index contributed by atoms with van der Waals surface area (Å²) in [6.45, 7) is 9.68. The second-order valence-corrected chi connectivity index (χ2v) is 9.57. The van der Waals surface area contributed by atoms with Gasteiger partial charge in [-0.25, -0.2) is 0 Å². The predicted molar refractivity (Wildman–Crippen MR) is 155 cm³/mol. The maximum Gasteiger partial charge on any atom is 0.0550 e. The van der Waals surface area contributed by atoms with Gasteiger partial charge in [-0.2, -0.15) is 0 Å². The zero-order valence-electron chi connectivity index (χ0n) is 21.5. The third-order valence-electron chi connectivity index (χ3n) is 7.04. The molecule has 0 aliphatic carbocycles. The van der Waals surface area contributed by atoms with Gasteiger partial charge in [-0.15, -0.1) is 0 Å². The van der Waals surface area contributed by atoms with Gasteiger partial charge in [-0.05, 0) is 47.5 Å². The molecule has 1 aromatic heterocycles. The number of anilines is 2. The Bertz CT molecular complexity index is 1190. The molecule has 2 aliphatic rings. The van der Waals surface area contributed by atoms with E-state index < -0.39 is 0 Å². The molecule has 37 heavy (non-hydrogen) atoms. The Morgan fingerprint density at radius 2 is 1.11 bits per heavy atom. The molecular formula is C32H37N5. The fourth-order valence-corrected chi connectivity index (χ4v) is 4.97. The molecule has 0 saturated carbocycles. The molecule has 0 unspecified atom stereocenters. The van der Waals surface area contributed by atoms with Crippen LogP contribution < -0.4 is 15.1 Å². The summed E-state index contributed by atoms with van der Waals surface area (Å²) in [5.41, 5.74) is 6.31. The molecule has 1 N–H and O–H groups in total. The fraction of sp³-hybridized carbons (Fsp3) is 0.281. The van der Waals surface area contributed by atoms with Crippen molar-refractivity contribution < 1.29 is 0 Å². The van der Waals surface area contributed by atoms with Crippen molar-refractivity contribution in [3.05, 3.63) is 115 Å². The molecule has 0 atom stereocenters. The highest BCUT2D eigenvalue weighted by Crippen LogP contribution is 2.21. The lowest BCUT2D eigenvalue weighted by Crippen LogP contribution is -2.46. The normalized spacial score (nSPS) is 16.1. The summed E-state index contributed by atoms with van der Waals surface area (Å²) in [4.78, 5) is 12.0. The van der Waals surface area contributed by atoms with Crippen LogP contribution in [0.2, 0.25) is 0 Å². The van der Waals surface area contributed by atoms with Crippen LogP contribution in [0.3, 0.4) is 0 Å². The van der Waals surface area contributed by atoms with Crippen molar-refractivity contribution in [3.63, 3.8) is 0 Å². The van der Waals surface area contributed by atoms with Crippen molar-refractivity contribution in [2.45, 2.75) is 6.54 Å². The van der Waals surface area contributed by atoms with Gasteiger partial charge in [0.15, 0.2) is 0 Å². The van der Waals surface area contributed by atoms with Crippen molar-refractivity contribution in [3.8, 4) is 11.1 Å². The van der Waals surface area contributed by atoms with E-state index in [1.807, 2.05) is 6.20 Å². The Balaban J connectivity index is 0.000000195. The van der Waals surface area contributed by atoms with Crippen LogP contribution in [0, 0.1) is 0 Å². The highest BCUT2D eigenvalue weighted by Gasteiger charge is 2.17. The monoisotopic (exact) mass is 491 g/mol. The van der Waals surface area contributed by atoms with E-state index in [4.69, 9.17) is 0 Å². The van der Waals surface area contributed by atoms with Crippen LogP contribution in [0.15, 0.2) is 109 Å². The maximum atomic E-state index is 4.58. The van der Waals surface area contributed by atoms with Crippen molar-refractivity contribution >= 4 is 11.4 Å².